The Hall–Kier alpha value is -3.29. The number of benzene rings is 2. The van der Waals surface area contributed by atoms with Crippen LogP contribution in [0.4, 0.5) is 4.79 Å². The fourth-order valence-electron chi connectivity index (χ4n) is 3.52. The van der Waals surface area contributed by atoms with Crippen molar-refractivity contribution in [3.8, 4) is 23.0 Å². The first-order chi connectivity index (χ1) is 14.2. The summed E-state index contributed by atoms with van der Waals surface area (Å²) in [6, 6.07) is 18.3. The van der Waals surface area contributed by atoms with Crippen LogP contribution in [0.25, 0.3) is 11.1 Å². The third-order valence-corrected chi connectivity index (χ3v) is 5.01. The second kappa shape index (κ2) is 8.81. The van der Waals surface area contributed by atoms with Gasteiger partial charge in [-0.05, 0) is 28.3 Å². The summed E-state index contributed by atoms with van der Waals surface area (Å²) < 4.78 is 5.49. The molecule has 2 aromatic carbocycles. The van der Waals surface area contributed by atoms with Crippen LogP contribution in [0.5, 0.6) is 0 Å². The Morgan fingerprint density at radius 1 is 1.07 bits per heavy atom. The molecular formula is C24H19ClN2O2. The highest BCUT2D eigenvalue weighted by molar-refractivity contribution is 6.30. The van der Waals surface area contributed by atoms with E-state index in [2.05, 4.69) is 46.4 Å². The lowest BCUT2D eigenvalue weighted by atomic mass is 9.98. The molecular weight excluding hydrogens is 384 g/mol. The third kappa shape index (κ3) is 4.42. The van der Waals surface area contributed by atoms with E-state index in [9.17, 15) is 4.79 Å². The van der Waals surface area contributed by atoms with Crippen LogP contribution < -0.4 is 5.32 Å². The number of amides is 1. The quantitative estimate of drug-likeness (QED) is 0.492. The van der Waals surface area contributed by atoms with Crippen molar-refractivity contribution in [3.63, 3.8) is 0 Å². The van der Waals surface area contributed by atoms with Crippen LogP contribution >= 0.6 is 11.6 Å². The average Bonchev–Trinajstić information content (AvgIpc) is 3.06. The summed E-state index contributed by atoms with van der Waals surface area (Å²) in [6.45, 7) is 0.720. The van der Waals surface area contributed by atoms with E-state index >= 15 is 0 Å². The van der Waals surface area contributed by atoms with Crippen LogP contribution in [-0.4, -0.2) is 24.2 Å². The third-order valence-electron chi connectivity index (χ3n) is 4.80. The minimum atomic E-state index is -0.432. The largest absolute Gasteiger partial charge is 0.449 e. The smallest absolute Gasteiger partial charge is 0.407 e. The summed E-state index contributed by atoms with van der Waals surface area (Å²) in [4.78, 5) is 16.1. The Balaban J connectivity index is 1.29. The van der Waals surface area contributed by atoms with Gasteiger partial charge in [0.2, 0.25) is 0 Å². The lowest BCUT2D eigenvalue weighted by Crippen LogP contribution is -2.26. The number of carbonyl (C=O) groups excluding carboxylic acids is 1. The van der Waals surface area contributed by atoms with Crippen molar-refractivity contribution in [3.05, 3.63) is 88.7 Å². The molecule has 1 N–H and O–H groups in total. The summed E-state index contributed by atoms with van der Waals surface area (Å²) in [5, 5.41) is 3.30. The molecule has 0 unspecified atom stereocenters. The first-order valence-electron chi connectivity index (χ1n) is 9.40. The van der Waals surface area contributed by atoms with Crippen molar-refractivity contribution < 1.29 is 9.53 Å². The minimum absolute atomic E-state index is 0.0586. The van der Waals surface area contributed by atoms with Gasteiger partial charge < -0.3 is 10.1 Å². The maximum absolute atomic E-state index is 12.1. The number of alkyl carbamates (subject to hydrolysis) is 1. The van der Waals surface area contributed by atoms with Gasteiger partial charge in [0.25, 0.3) is 0 Å². The molecule has 1 aromatic heterocycles. The highest BCUT2D eigenvalue weighted by Crippen LogP contribution is 2.44. The van der Waals surface area contributed by atoms with Gasteiger partial charge >= 0.3 is 6.09 Å². The number of carbonyl (C=O) groups is 1. The molecule has 0 radical (unpaired) electrons. The van der Waals surface area contributed by atoms with Crippen molar-refractivity contribution in [1.29, 1.82) is 0 Å². The van der Waals surface area contributed by atoms with Gasteiger partial charge in [0.05, 0.1) is 5.02 Å². The molecule has 144 valence electrons. The molecule has 0 bridgehead atoms. The molecule has 1 aliphatic rings. The summed E-state index contributed by atoms with van der Waals surface area (Å²) in [5.74, 6) is 6.02. The van der Waals surface area contributed by atoms with Crippen molar-refractivity contribution in [2.75, 3.05) is 13.2 Å². The Bertz CT molecular complexity index is 1060. The van der Waals surface area contributed by atoms with Gasteiger partial charge in [-0.3, -0.25) is 4.98 Å². The molecule has 0 saturated heterocycles. The lowest BCUT2D eigenvalue weighted by Gasteiger charge is -2.14. The Morgan fingerprint density at radius 2 is 1.76 bits per heavy atom. The summed E-state index contributed by atoms with van der Waals surface area (Å²) in [7, 11) is 0. The molecule has 0 aliphatic heterocycles. The molecule has 0 saturated carbocycles. The average molecular weight is 403 g/mol. The van der Waals surface area contributed by atoms with Crippen molar-refractivity contribution in [1.82, 2.24) is 10.3 Å². The highest BCUT2D eigenvalue weighted by Gasteiger charge is 2.28. The first-order valence-corrected chi connectivity index (χ1v) is 9.78. The second-order valence-corrected chi connectivity index (χ2v) is 7.13. The molecule has 4 rings (SSSR count). The van der Waals surface area contributed by atoms with Crippen molar-refractivity contribution >= 4 is 17.7 Å². The van der Waals surface area contributed by atoms with Crippen LogP contribution in [-0.2, 0) is 4.74 Å². The predicted octanol–water partition coefficient (Wildman–Crippen LogP) is 5.02. The van der Waals surface area contributed by atoms with E-state index in [1.807, 2.05) is 24.3 Å². The SMILES string of the molecule is O=C(NCCC#Cc1cncc(Cl)c1)OCC1c2ccccc2-c2ccccc21. The molecule has 1 heterocycles. The Labute approximate surface area is 174 Å². The number of nitrogens with one attached hydrogen (secondary N) is 1. The van der Waals surface area contributed by atoms with E-state index in [1.54, 1.807) is 18.5 Å². The summed E-state index contributed by atoms with van der Waals surface area (Å²) in [5.41, 5.74) is 5.56. The zero-order valence-electron chi connectivity index (χ0n) is 15.7. The number of rotatable bonds is 4. The monoisotopic (exact) mass is 402 g/mol. The van der Waals surface area contributed by atoms with Gasteiger partial charge in [0, 0.05) is 36.8 Å². The van der Waals surface area contributed by atoms with E-state index in [0.717, 1.165) is 5.56 Å². The maximum Gasteiger partial charge on any atom is 0.407 e. The molecule has 3 aromatic rings. The molecule has 5 heteroatoms. The lowest BCUT2D eigenvalue weighted by molar-refractivity contribution is 0.143. The van der Waals surface area contributed by atoms with E-state index < -0.39 is 6.09 Å². The fraction of sp³-hybridized carbons (Fsp3) is 0.167. The van der Waals surface area contributed by atoms with Crippen LogP contribution in [0, 0.1) is 11.8 Å². The molecule has 0 atom stereocenters. The Morgan fingerprint density at radius 3 is 2.45 bits per heavy atom. The number of aromatic nitrogens is 1. The number of nitrogens with zero attached hydrogens (tertiary/aromatic N) is 1. The van der Waals surface area contributed by atoms with Crippen LogP contribution in [0.1, 0.15) is 29.0 Å². The minimum Gasteiger partial charge on any atom is -0.449 e. The van der Waals surface area contributed by atoms with E-state index in [4.69, 9.17) is 16.3 Å². The maximum atomic E-state index is 12.1. The first kappa shape index (κ1) is 19.0. The zero-order chi connectivity index (χ0) is 20.1. The molecule has 0 fully saturated rings. The van der Waals surface area contributed by atoms with Crippen LogP contribution in [0.15, 0.2) is 67.0 Å². The fourth-order valence-corrected chi connectivity index (χ4v) is 3.70. The normalized spacial score (nSPS) is 11.8. The topological polar surface area (TPSA) is 51.2 Å². The van der Waals surface area contributed by atoms with E-state index in [1.165, 1.54) is 22.3 Å². The number of ether oxygens (including phenoxy) is 1. The van der Waals surface area contributed by atoms with E-state index in [-0.39, 0.29) is 5.92 Å². The van der Waals surface area contributed by atoms with Crippen molar-refractivity contribution in [2.24, 2.45) is 0 Å². The second-order valence-electron chi connectivity index (χ2n) is 6.70. The number of fused-ring (bicyclic) bond motifs is 3. The van der Waals surface area contributed by atoms with Crippen LogP contribution in [0.2, 0.25) is 5.02 Å². The van der Waals surface area contributed by atoms with Gasteiger partial charge in [-0.1, -0.05) is 72.0 Å². The van der Waals surface area contributed by atoms with Gasteiger partial charge in [0.15, 0.2) is 0 Å². The van der Waals surface area contributed by atoms with E-state index in [0.29, 0.717) is 24.6 Å². The summed E-state index contributed by atoms with van der Waals surface area (Å²) in [6.07, 6.45) is 3.29. The number of hydrogen-bond acceptors (Lipinski definition) is 3. The number of hydrogen-bond donors (Lipinski definition) is 1. The molecule has 4 nitrogen and oxygen atoms in total. The molecule has 1 aliphatic carbocycles. The molecule has 1 amide bonds. The number of pyridine rings is 1. The van der Waals surface area contributed by atoms with Crippen molar-refractivity contribution in [2.45, 2.75) is 12.3 Å². The standard InChI is InChI=1S/C24H19ClN2O2/c25-18-13-17(14-26-15-18)7-5-6-12-27-24(28)29-16-23-21-10-3-1-8-19(21)20-9-2-4-11-22(20)23/h1-4,8-11,13-15,23H,6,12,16H2,(H,27,28). The molecule has 0 spiro atoms. The van der Waals surface area contributed by atoms with Gasteiger partial charge in [-0.15, -0.1) is 0 Å². The zero-order valence-corrected chi connectivity index (χ0v) is 16.4. The van der Waals surface area contributed by atoms with Gasteiger partial charge in [-0.2, -0.15) is 0 Å². The summed E-state index contributed by atoms with van der Waals surface area (Å²) >= 11 is 5.87. The van der Waals surface area contributed by atoms with Crippen LogP contribution in [0.3, 0.4) is 0 Å². The number of halogens is 1. The molecule has 29 heavy (non-hydrogen) atoms. The predicted molar refractivity (Wildman–Crippen MR) is 114 cm³/mol. The van der Waals surface area contributed by atoms with Gasteiger partial charge in [-0.25, -0.2) is 4.79 Å². The Kier molecular flexibility index (Phi) is 5.79. The van der Waals surface area contributed by atoms with Gasteiger partial charge in [0.1, 0.15) is 6.61 Å². The highest BCUT2D eigenvalue weighted by atomic mass is 35.5.